The Bertz CT molecular complexity index is 2770. The van der Waals surface area contributed by atoms with Gasteiger partial charge in [0.15, 0.2) is 5.82 Å². The average molecular weight is 1130 g/mol. The number of carboxylic acid groups (broad SMARTS) is 1. The summed E-state index contributed by atoms with van der Waals surface area (Å²) in [6, 6.07) is 11.0. The van der Waals surface area contributed by atoms with E-state index in [-0.39, 0.29) is 300 Å². The normalized spacial score (nSPS) is 12.1. The number of nitrogens with two attached hydrogens (primary N) is 1. The first-order valence-electron chi connectivity index (χ1n) is 18.3. The van der Waals surface area contributed by atoms with Crippen molar-refractivity contribution in [3.8, 4) is 11.8 Å². The molecule has 3 aromatic carbocycles. The van der Waals surface area contributed by atoms with Gasteiger partial charge in [-0.3, -0.25) is 9.63 Å². The van der Waals surface area contributed by atoms with Gasteiger partial charge in [0.2, 0.25) is 5.91 Å². The molecule has 0 saturated carbocycles. The van der Waals surface area contributed by atoms with Crippen molar-refractivity contribution < 1.29 is 264 Å². The van der Waals surface area contributed by atoms with E-state index >= 15 is 0 Å². The summed E-state index contributed by atoms with van der Waals surface area (Å²) in [5.41, 5.74) is -0.460. The first-order valence-corrected chi connectivity index (χ1v) is 23.5. The maximum atomic E-state index is 12.4. The number of aliphatic carboxylic acids is 1. The molecule has 0 aliphatic rings. The molecule has 340 valence electrons. The molecule has 30 heteroatoms. The molecule has 4 aromatic rings. The predicted molar refractivity (Wildman–Crippen MR) is 222 cm³/mol. The average Bonchev–Trinajstić information content (AvgIpc) is 3.52. The van der Waals surface area contributed by atoms with Gasteiger partial charge in [0.05, 0.1) is 41.3 Å². The molecule has 1 atom stereocenters. The molecule has 1 heterocycles. The van der Waals surface area contributed by atoms with Crippen molar-refractivity contribution in [1.29, 1.82) is 5.26 Å². The van der Waals surface area contributed by atoms with E-state index in [4.69, 9.17) is 33.9 Å². The van der Waals surface area contributed by atoms with Crippen molar-refractivity contribution in [3.63, 3.8) is 0 Å². The second-order valence-electron chi connectivity index (χ2n) is 14.8. The van der Waals surface area contributed by atoms with Crippen molar-refractivity contribution in [2.45, 2.75) is 74.7 Å². The molecule has 3 N–H and O–H groups in total. The van der Waals surface area contributed by atoms with Crippen LogP contribution in [0.2, 0.25) is 10.0 Å². The second kappa shape index (κ2) is 29.5. The standard InChI is InChI=1S/C37H42Cl2N8O13S3.4K/c1-21(48)42-31-18-24(46(12-7-8-32(49)50)11-5-6-13-61(51,52)53)9-10-30(31)43-44-36-27(20-40)35(37(2,3)4)45-47(36)33-28(38)16-23(17-29(33)39)34(60-41)22-14-25(62(54,55)56)19-26(15-22)63(57,58)59;;;;/h9-10,14-19,34H,5-8,11-13,41H2,1-4H3,(H,42,48)(H,49,50)(H,51,52,53)(H,54,55,56)(H,57,58,59);;;;/q;4*+1/p-4. The van der Waals surface area contributed by atoms with Gasteiger partial charge in [-0.2, -0.15) is 10.4 Å². The molecule has 21 nitrogen and oxygen atoms in total. The Kier molecular flexibility index (Phi) is 30.2. The number of nitrogens with one attached hydrogen (secondary N) is 1. The van der Waals surface area contributed by atoms with Crippen LogP contribution < -0.4 is 227 Å². The number of carbonyl (C=O) groups excluding carboxylic acids is 2. The number of rotatable bonds is 19. The van der Waals surface area contributed by atoms with Crippen LogP contribution in [0, 0.1) is 11.3 Å². The topological polar surface area (TPSA) is 346 Å². The zero-order valence-corrected chi connectivity index (χ0v) is 54.1. The van der Waals surface area contributed by atoms with Gasteiger partial charge < -0.3 is 33.8 Å². The molecule has 0 spiro atoms. The fraction of sp³-hybridized carbons (Fsp3) is 0.351. The zero-order chi connectivity index (χ0) is 47.2. The van der Waals surface area contributed by atoms with Crippen molar-refractivity contribution in [2.24, 2.45) is 16.1 Å². The molecule has 0 bridgehead atoms. The molecule has 0 aliphatic carbocycles. The Morgan fingerprint density at radius 1 is 0.881 bits per heavy atom. The van der Waals surface area contributed by atoms with E-state index in [0.29, 0.717) is 11.8 Å². The number of azo groups is 1. The van der Waals surface area contributed by atoms with Gasteiger partial charge in [0, 0.05) is 42.8 Å². The van der Waals surface area contributed by atoms with Gasteiger partial charge in [0.1, 0.15) is 49.3 Å². The van der Waals surface area contributed by atoms with Gasteiger partial charge in [-0.1, -0.05) is 44.0 Å². The van der Waals surface area contributed by atoms with E-state index in [9.17, 15) is 58.9 Å². The van der Waals surface area contributed by atoms with Crippen molar-refractivity contribution in [1.82, 2.24) is 9.78 Å². The summed E-state index contributed by atoms with van der Waals surface area (Å²) in [5.74, 6) is 2.96. The number of hydrogen-bond donors (Lipinski definition) is 2. The fourth-order valence-corrected chi connectivity index (χ4v) is 8.57. The molecule has 0 radical (unpaired) electrons. The number of hydrogen-bond acceptors (Lipinski definition) is 19. The number of benzene rings is 3. The number of nitrogens with zero attached hydrogens (tertiary/aromatic N) is 6. The molecule has 0 aliphatic heterocycles. The predicted octanol–water partition coefficient (Wildman–Crippen LogP) is -7.81. The summed E-state index contributed by atoms with van der Waals surface area (Å²) in [7, 11) is -15.1. The van der Waals surface area contributed by atoms with E-state index < -0.39 is 69.3 Å². The summed E-state index contributed by atoms with van der Waals surface area (Å²) < 4.78 is 106. The van der Waals surface area contributed by atoms with Crippen LogP contribution in [0.1, 0.15) is 81.9 Å². The summed E-state index contributed by atoms with van der Waals surface area (Å²) in [5, 5.41) is 37.1. The maximum Gasteiger partial charge on any atom is 1.00 e. The number of aromatic nitrogens is 2. The van der Waals surface area contributed by atoms with Crippen molar-refractivity contribution in [3.05, 3.63) is 81.0 Å². The van der Waals surface area contributed by atoms with E-state index in [1.165, 1.54) is 31.2 Å². The SMILES string of the molecule is CC(=O)Nc1cc(N(CCCCS(=O)(=O)[O-])CCCC(=O)[O-])ccc1N=Nc1c(C#N)c(C(C)(C)C)nn1-c1c(Cl)cc(C(ON)c2cc(S(=O)(=O)[O-])cc(S(=O)(=O)[O-])c2)cc1Cl.[K+].[K+].[K+].[K+]. The Morgan fingerprint density at radius 2 is 1.42 bits per heavy atom. The maximum absolute atomic E-state index is 12.4. The van der Waals surface area contributed by atoms with Gasteiger partial charge in [-0.25, -0.2) is 35.8 Å². The van der Waals surface area contributed by atoms with E-state index in [1.54, 1.807) is 31.7 Å². The quantitative estimate of drug-likeness (QED) is 0.0290. The summed E-state index contributed by atoms with van der Waals surface area (Å²) in [6.07, 6.45) is -1.41. The smallest absolute Gasteiger partial charge is 0.748 e. The van der Waals surface area contributed by atoms with E-state index in [2.05, 4.69) is 26.7 Å². The molecule has 67 heavy (non-hydrogen) atoms. The van der Waals surface area contributed by atoms with Crippen LogP contribution in [0.25, 0.3) is 5.69 Å². The molecule has 1 unspecified atom stereocenters. The van der Waals surface area contributed by atoms with E-state index in [0.717, 1.165) is 16.8 Å². The summed E-state index contributed by atoms with van der Waals surface area (Å²) in [4.78, 5) is 28.1. The minimum atomic E-state index is -5.29. The molecule has 0 saturated heterocycles. The third kappa shape index (κ3) is 20.3. The van der Waals surface area contributed by atoms with Gasteiger partial charge in [-0.15, -0.1) is 10.2 Å². The number of halogens is 2. The monoisotopic (exact) mass is 1120 g/mol. The summed E-state index contributed by atoms with van der Waals surface area (Å²) >= 11 is 13.6. The fourth-order valence-electron chi connectivity index (χ4n) is 6.17. The first-order chi connectivity index (χ1) is 29.1. The number of anilines is 2. The third-order valence-corrected chi connectivity index (χ3v) is 11.9. The van der Waals surface area contributed by atoms with E-state index in [1.807, 2.05) is 0 Å². The number of nitriles is 1. The van der Waals surface area contributed by atoms with Gasteiger partial charge >= 0.3 is 206 Å². The largest absolute Gasteiger partial charge is 1.00 e. The number of carboxylic acids is 1. The number of amides is 1. The zero-order valence-electron chi connectivity index (χ0n) is 37.7. The summed E-state index contributed by atoms with van der Waals surface area (Å²) in [6.45, 7) is 6.89. The molecular formula is C37H38Cl2K4N8O13S3. The third-order valence-electron chi connectivity index (χ3n) is 8.95. The van der Waals surface area contributed by atoms with Crippen LogP contribution in [0.3, 0.4) is 0 Å². The first kappa shape index (κ1) is 68.5. The Hall–Kier alpha value is 1.48. The molecule has 1 aromatic heterocycles. The Balaban J connectivity index is 0.0000109. The van der Waals surface area contributed by atoms with Crippen molar-refractivity contribution >= 4 is 88.3 Å². The van der Waals surface area contributed by atoms with Gasteiger partial charge in [-0.05, 0) is 85.3 Å². The minimum absolute atomic E-state index is 0. The van der Waals surface area contributed by atoms with Crippen LogP contribution in [-0.2, 0) is 50.2 Å². The van der Waals surface area contributed by atoms with Crippen LogP contribution in [0.5, 0.6) is 0 Å². The number of unbranched alkanes of at least 4 members (excludes halogenated alkanes) is 1. The Morgan fingerprint density at radius 3 is 1.88 bits per heavy atom. The molecule has 0 fully saturated rings. The molecular weight excluding hydrogens is 1090 g/mol. The van der Waals surface area contributed by atoms with Gasteiger partial charge in [0.25, 0.3) is 0 Å². The number of carbonyl (C=O) groups is 2. The minimum Gasteiger partial charge on any atom is -0.748 e. The molecule has 4 rings (SSSR count). The van der Waals surface area contributed by atoms with Crippen LogP contribution in [0.4, 0.5) is 22.9 Å². The Labute approximate surface area is 568 Å². The molecule has 1 amide bonds. The van der Waals surface area contributed by atoms with Crippen LogP contribution >= 0.6 is 23.2 Å². The van der Waals surface area contributed by atoms with Crippen molar-refractivity contribution in [2.75, 3.05) is 29.1 Å². The second-order valence-corrected chi connectivity index (χ2v) is 19.9. The van der Waals surface area contributed by atoms with Crippen LogP contribution in [-0.4, -0.2) is 79.4 Å². The van der Waals surface area contributed by atoms with Crippen LogP contribution in [0.15, 0.2) is 68.6 Å².